The summed E-state index contributed by atoms with van der Waals surface area (Å²) in [6.45, 7) is 10.2. The molecule has 24 heavy (non-hydrogen) atoms. The van der Waals surface area contributed by atoms with Crippen LogP contribution in [-0.2, 0) is 4.74 Å². The second-order valence-electron chi connectivity index (χ2n) is 7.73. The van der Waals surface area contributed by atoms with Crippen LogP contribution < -0.4 is 10.6 Å². The minimum atomic E-state index is -0.762. The van der Waals surface area contributed by atoms with Gasteiger partial charge in [-0.1, -0.05) is 30.3 Å². The number of hydrogen-bond donors (Lipinski definition) is 3. The highest BCUT2D eigenvalue weighted by Gasteiger charge is 2.18. The van der Waals surface area contributed by atoms with E-state index in [1.165, 1.54) is 5.56 Å². The van der Waals surface area contributed by atoms with Crippen molar-refractivity contribution in [2.45, 2.75) is 64.7 Å². The molecule has 0 aliphatic carbocycles. The third-order valence-corrected chi connectivity index (χ3v) is 3.32. The number of carbonyl (C=O) groups excluding carboxylic acids is 1. The van der Waals surface area contributed by atoms with Gasteiger partial charge in [0.1, 0.15) is 5.60 Å². The van der Waals surface area contributed by atoms with Crippen molar-refractivity contribution in [1.82, 2.24) is 10.6 Å². The minimum absolute atomic E-state index is 0.137. The highest BCUT2D eigenvalue weighted by molar-refractivity contribution is 5.67. The summed E-state index contributed by atoms with van der Waals surface area (Å²) < 4.78 is 5.22. The summed E-state index contributed by atoms with van der Waals surface area (Å²) in [4.78, 5) is 11.6. The Hall–Kier alpha value is -1.59. The summed E-state index contributed by atoms with van der Waals surface area (Å²) in [5.41, 5.74) is -0.0637. The first-order valence-electron chi connectivity index (χ1n) is 8.54. The molecule has 0 bridgehead atoms. The van der Waals surface area contributed by atoms with Crippen molar-refractivity contribution in [2.24, 2.45) is 0 Å². The van der Waals surface area contributed by atoms with Gasteiger partial charge in [0.15, 0.2) is 0 Å². The van der Waals surface area contributed by atoms with E-state index < -0.39 is 11.2 Å². The van der Waals surface area contributed by atoms with Crippen LogP contribution in [0, 0.1) is 0 Å². The van der Waals surface area contributed by atoms with Gasteiger partial charge >= 0.3 is 6.09 Å². The number of ether oxygens (including phenoxy) is 1. The lowest BCUT2D eigenvalue weighted by Gasteiger charge is -2.25. The monoisotopic (exact) mass is 336 g/mol. The lowest BCUT2D eigenvalue weighted by molar-refractivity contribution is 0.0526. The molecule has 1 aromatic carbocycles. The highest BCUT2D eigenvalue weighted by atomic mass is 16.6. The molecule has 5 nitrogen and oxygen atoms in total. The molecule has 0 heterocycles. The fourth-order valence-electron chi connectivity index (χ4n) is 2.26. The second-order valence-corrected chi connectivity index (χ2v) is 7.73. The average molecular weight is 336 g/mol. The Balaban J connectivity index is 2.47. The predicted octanol–water partition coefficient (Wildman–Crippen LogP) is 3.39. The van der Waals surface area contributed by atoms with Crippen molar-refractivity contribution >= 4 is 6.09 Å². The maximum atomic E-state index is 11.6. The number of rotatable bonds is 8. The fourth-order valence-corrected chi connectivity index (χ4v) is 2.26. The Morgan fingerprint density at radius 1 is 1.17 bits per heavy atom. The zero-order valence-electron chi connectivity index (χ0n) is 15.6. The van der Waals surface area contributed by atoms with Crippen molar-refractivity contribution in [3.8, 4) is 0 Å². The molecule has 1 unspecified atom stereocenters. The first-order valence-corrected chi connectivity index (χ1v) is 8.54. The molecule has 1 atom stereocenters. The van der Waals surface area contributed by atoms with E-state index in [0.29, 0.717) is 13.1 Å². The van der Waals surface area contributed by atoms with Gasteiger partial charge < -0.3 is 20.5 Å². The van der Waals surface area contributed by atoms with Crippen LogP contribution in [-0.4, -0.2) is 35.5 Å². The Morgan fingerprint density at radius 2 is 1.79 bits per heavy atom. The van der Waals surface area contributed by atoms with E-state index in [4.69, 9.17) is 4.74 Å². The summed E-state index contributed by atoms with van der Waals surface area (Å²) in [7, 11) is 0. The molecule has 1 amide bonds. The molecule has 0 aliphatic heterocycles. The number of nitrogens with one attached hydrogen (secondary N) is 2. The predicted molar refractivity (Wildman–Crippen MR) is 97.0 cm³/mol. The molecule has 5 heteroatoms. The number of alkyl carbamates (subject to hydrolysis) is 1. The van der Waals surface area contributed by atoms with Gasteiger partial charge in [-0.2, -0.15) is 0 Å². The van der Waals surface area contributed by atoms with Gasteiger partial charge in [0.25, 0.3) is 0 Å². The molecule has 1 aromatic rings. The molecule has 136 valence electrons. The molecular formula is C19H32N2O3. The number of amides is 1. The van der Waals surface area contributed by atoms with Crippen LogP contribution in [0.3, 0.4) is 0 Å². The highest BCUT2D eigenvalue weighted by Crippen LogP contribution is 2.19. The quantitative estimate of drug-likeness (QED) is 0.636. The topological polar surface area (TPSA) is 70.6 Å². The Morgan fingerprint density at radius 3 is 2.33 bits per heavy atom. The maximum Gasteiger partial charge on any atom is 0.407 e. The summed E-state index contributed by atoms with van der Waals surface area (Å²) in [6, 6.07) is 10.3. The Kier molecular flexibility index (Phi) is 7.70. The average Bonchev–Trinajstić information content (AvgIpc) is 2.44. The van der Waals surface area contributed by atoms with E-state index in [9.17, 15) is 9.90 Å². The molecule has 1 rings (SSSR count). The SMILES string of the molecule is CC(C)(O)CNC(CCCNC(=O)OC(C)(C)C)c1ccccc1. The van der Waals surface area contributed by atoms with Gasteiger partial charge in [0, 0.05) is 19.1 Å². The molecule has 0 radical (unpaired) electrons. The first kappa shape index (κ1) is 20.5. The summed E-state index contributed by atoms with van der Waals surface area (Å²) in [5.74, 6) is 0. The Bertz CT molecular complexity index is 490. The van der Waals surface area contributed by atoms with Gasteiger partial charge in [-0.15, -0.1) is 0 Å². The molecule has 0 aromatic heterocycles. The summed E-state index contributed by atoms with van der Waals surface area (Å²) in [6.07, 6.45) is 1.29. The van der Waals surface area contributed by atoms with Crippen molar-refractivity contribution in [3.05, 3.63) is 35.9 Å². The third kappa shape index (κ3) is 9.53. The van der Waals surface area contributed by atoms with Gasteiger partial charge in [-0.05, 0) is 53.0 Å². The van der Waals surface area contributed by atoms with Crippen LogP contribution >= 0.6 is 0 Å². The molecule has 0 aliphatic rings. The second kappa shape index (κ2) is 9.04. The molecule has 0 fully saturated rings. The standard InChI is InChI=1S/C19H32N2O3/c1-18(2,3)24-17(22)20-13-9-12-16(21-14-19(4,5)23)15-10-7-6-8-11-15/h6-8,10-11,16,21,23H,9,12-14H2,1-5H3,(H,20,22). The van der Waals surface area contributed by atoms with Gasteiger partial charge in [-0.3, -0.25) is 0 Å². The van der Waals surface area contributed by atoms with Crippen LogP contribution in [0.1, 0.15) is 59.1 Å². The third-order valence-electron chi connectivity index (χ3n) is 3.32. The van der Waals surface area contributed by atoms with Crippen LogP contribution in [0.25, 0.3) is 0 Å². The lowest BCUT2D eigenvalue weighted by Crippen LogP contribution is -2.37. The maximum absolute atomic E-state index is 11.6. The van der Waals surface area contributed by atoms with Crippen molar-refractivity contribution in [3.63, 3.8) is 0 Å². The van der Waals surface area contributed by atoms with Gasteiger partial charge in [0.2, 0.25) is 0 Å². The van der Waals surface area contributed by atoms with Crippen LogP contribution in [0.2, 0.25) is 0 Å². The van der Waals surface area contributed by atoms with Crippen molar-refractivity contribution in [2.75, 3.05) is 13.1 Å². The molecule has 0 saturated carbocycles. The number of benzene rings is 1. The summed E-state index contributed by atoms with van der Waals surface area (Å²) >= 11 is 0. The number of hydrogen-bond acceptors (Lipinski definition) is 4. The lowest BCUT2D eigenvalue weighted by atomic mass is 10.0. The molecule has 3 N–H and O–H groups in total. The zero-order valence-corrected chi connectivity index (χ0v) is 15.6. The van der Waals surface area contributed by atoms with E-state index in [-0.39, 0.29) is 12.1 Å². The first-order chi connectivity index (χ1) is 11.1. The largest absolute Gasteiger partial charge is 0.444 e. The molecule has 0 saturated heterocycles. The van der Waals surface area contributed by atoms with Crippen molar-refractivity contribution < 1.29 is 14.6 Å². The van der Waals surface area contributed by atoms with Gasteiger partial charge in [-0.25, -0.2) is 4.79 Å². The Labute approximate surface area is 145 Å². The molecular weight excluding hydrogens is 304 g/mol. The number of aliphatic hydroxyl groups is 1. The van der Waals surface area contributed by atoms with Crippen LogP contribution in [0.4, 0.5) is 4.79 Å². The normalized spacial score (nSPS) is 13.4. The van der Waals surface area contributed by atoms with E-state index in [2.05, 4.69) is 22.8 Å². The smallest absolute Gasteiger partial charge is 0.407 e. The zero-order chi connectivity index (χ0) is 18.2. The van der Waals surface area contributed by atoms with E-state index in [0.717, 1.165) is 12.8 Å². The van der Waals surface area contributed by atoms with Crippen LogP contribution in [0.5, 0.6) is 0 Å². The number of carbonyl (C=O) groups is 1. The minimum Gasteiger partial charge on any atom is -0.444 e. The van der Waals surface area contributed by atoms with E-state index in [1.807, 2.05) is 39.0 Å². The van der Waals surface area contributed by atoms with Crippen molar-refractivity contribution in [1.29, 1.82) is 0 Å². The summed E-state index contributed by atoms with van der Waals surface area (Å²) in [5, 5.41) is 16.1. The van der Waals surface area contributed by atoms with Crippen LogP contribution in [0.15, 0.2) is 30.3 Å². The van der Waals surface area contributed by atoms with Gasteiger partial charge in [0.05, 0.1) is 5.60 Å². The van der Waals surface area contributed by atoms with E-state index in [1.54, 1.807) is 13.8 Å². The fraction of sp³-hybridized carbons (Fsp3) is 0.632. The van der Waals surface area contributed by atoms with E-state index >= 15 is 0 Å². The molecule has 0 spiro atoms.